The molecular formula is C17H28ClNO2. The molecule has 0 heterocycles. The van der Waals surface area contributed by atoms with E-state index in [-0.39, 0.29) is 12.1 Å². The summed E-state index contributed by atoms with van der Waals surface area (Å²) in [6.45, 7) is 9.35. The molecule has 1 aromatic rings. The Morgan fingerprint density at radius 3 is 2.33 bits per heavy atom. The average molecular weight is 314 g/mol. The molecule has 0 bridgehead atoms. The Morgan fingerprint density at radius 2 is 1.76 bits per heavy atom. The van der Waals surface area contributed by atoms with E-state index in [0.717, 1.165) is 17.0 Å². The molecule has 0 saturated heterocycles. The van der Waals surface area contributed by atoms with Gasteiger partial charge in [0.05, 0.1) is 18.8 Å². The number of aliphatic hydroxyl groups is 1. The van der Waals surface area contributed by atoms with Gasteiger partial charge >= 0.3 is 0 Å². The maximum absolute atomic E-state index is 9.96. The van der Waals surface area contributed by atoms with Gasteiger partial charge in [0.1, 0.15) is 0 Å². The Balaban J connectivity index is 2.26. The van der Waals surface area contributed by atoms with Gasteiger partial charge in [-0.2, -0.15) is 0 Å². The summed E-state index contributed by atoms with van der Waals surface area (Å²) in [6, 6.07) is 7.91. The van der Waals surface area contributed by atoms with Crippen LogP contribution in [-0.2, 0) is 4.74 Å². The second kappa shape index (κ2) is 9.42. The van der Waals surface area contributed by atoms with E-state index in [0.29, 0.717) is 19.1 Å². The monoisotopic (exact) mass is 313 g/mol. The van der Waals surface area contributed by atoms with Crippen molar-refractivity contribution in [1.82, 2.24) is 5.32 Å². The maximum atomic E-state index is 9.96. The molecular weight excluding hydrogens is 286 g/mol. The van der Waals surface area contributed by atoms with E-state index >= 15 is 0 Å². The molecule has 0 amide bonds. The Morgan fingerprint density at radius 1 is 1.14 bits per heavy atom. The molecule has 0 aliphatic heterocycles. The number of halogens is 1. The van der Waals surface area contributed by atoms with Crippen LogP contribution in [0.2, 0.25) is 5.02 Å². The topological polar surface area (TPSA) is 41.5 Å². The second-order valence-corrected chi connectivity index (χ2v) is 6.55. The Bertz CT molecular complexity index is 394. The Labute approximate surface area is 133 Å². The summed E-state index contributed by atoms with van der Waals surface area (Å²) in [5, 5.41) is 14.0. The third kappa shape index (κ3) is 7.82. The third-order valence-electron chi connectivity index (χ3n) is 3.41. The predicted molar refractivity (Wildman–Crippen MR) is 88.7 cm³/mol. The van der Waals surface area contributed by atoms with Crippen LogP contribution < -0.4 is 5.32 Å². The molecule has 0 aliphatic rings. The van der Waals surface area contributed by atoms with E-state index in [9.17, 15) is 5.11 Å². The summed E-state index contributed by atoms with van der Waals surface area (Å²) in [6.07, 6.45) is 0.712. The highest BCUT2D eigenvalue weighted by molar-refractivity contribution is 6.30. The van der Waals surface area contributed by atoms with Crippen molar-refractivity contribution in [3.63, 3.8) is 0 Å². The molecule has 3 nitrogen and oxygen atoms in total. The minimum atomic E-state index is -0.491. The quantitative estimate of drug-likeness (QED) is 0.728. The Hall–Kier alpha value is -0.610. The van der Waals surface area contributed by atoms with Crippen LogP contribution in [0.1, 0.15) is 45.7 Å². The zero-order valence-electron chi connectivity index (χ0n) is 13.5. The van der Waals surface area contributed by atoms with Gasteiger partial charge in [0.25, 0.3) is 0 Å². The van der Waals surface area contributed by atoms with Crippen molar-refractivity contribution in [1.29, 1.82) is 0 Å². The fourth-order valence-corrected chi connectivity index (χ4v) is 2.37. The molecule has 2 N–H and O–H groups in total. The summed E-state index contributed by atoms with van der Waals surface area (Å²) >= 11 is 5.87. The highest BCUT2D eigenvalue weighted by Gasteiger charge is 2.11. The van der Waals surface area contributed by atoms with Gasteiger partial charge in [-0.25, -0.2) is 0 Å². The molecule has 4 heteroatoms. The summed E-state index contributed by atoms with van der Waals surface area (Å²) < 4.78 is 5.66. The van der Waals surface area contributed by atoms with Gasteiger partial charge in [0.2, 0.25) is 0 Å². The van der Waals surface area contributed by atoms with Crippen LogP contribution in [0.5, 0.6) is 0 Å². The minimum absolute atomic E-state index is 0.171. The smallest absolute Gasteiger partial charge is 0.0898 e. The molecule has 0 fully saturated rings. The van der Waals surface area contributed by atoms with Crippen LogP contribution in [-0.4, -0.2) is 30.5 Å². The first-order valence-electron chi connectivity index (χ1n) is 7.67. The lowest BCUT2D eigenvalue weighted by Gasteiger charge is -2.20. The van der Waals surface area contributed by atoms with E-state index in [4.69, 9.17) is 16.3 Å². The van der Waals surface area contributed by atoms with E-state index < -0.39 is 6.10 Å². The van der Waals surface area contributed by atoms with Gasteiger partial charge in [0.15, 0.2) is 0 Å². The van der Waals surface area contributed by atoms with Gasteiger partial charge in [0, 0.05) is 17.6 Å². The molecule has 0 aliphatic carbocycles. The maximum Gasteiger partial charge on any atom is 0.0898 e. The summed E-state index contributed by atoms with van der Waals surface area (Å²) in [5.74, 6) is 0.611. The van der Waals surface area contributed by atoms with Gasteiger partial charge in [-0.05, 0) is 43.9 Å². The van der Waals surface area contributed by atoms with Crippen molar-refractivity contribution in [3.05, 3.63) is 34.9 Å². The van der Waals surface area contributed by atoms with Gasteiger partial charge < -0.3 is 15.2 Å². The van der Waals surface area contributed by atoms with E-state index in [1.165, 1.54) is 0 Å². The molecule has 0 aromatic heterocycles. The lowest BCUT2D eigenvalue weighted by atomic mass is 10.1. The van der Waals surface area contributed by atoms with Crippen molar-refractivity contribution >= 4 is 11.6 Å². The van der Waals surface area contributed by atoms with Crippen LogP contribution in [0.15, 0.2) is 24.3 Å². The van der Waals surface area contributed by atoms with Gasteiger partial charge in [-0.1, -0.05) is 37.6 Å². The normalized spacial score (nSPS) is 16.0. The van der Waals surface area contributed by atoms with Crippen molar-refractivity contribution < 1.29 is 9.84 Å². The average Bonchev–Trinajstić information content (AvgIpc) is 2.42. The molecule has 21 heavy (non-hydrogen) atoms. The van der Waals surface area contributed by atoms with Crippen molar-refractivity contribution in [3.8, 4) is 0 Å². The SMILES string of the molecule is CC(C)CC(C)OCC(O)CNC(C)c1ccc(Cl)cc1. The molecule has 0 radical (unpaired) electrons. The molecule has 1 aromatic carbocycles. The predicted octanol–water partition coefficient (Wildman–Crippen LogP) is 3.80. The standard InChI is InChI=1S/C17H28ClNO2/c1-12(2)9-13(3)21-11-17(20)10-19-14(4)15-5-7-16(18)8-6-15/h5-8,12-14,17,19-20H,9-11H2,1-4H3. The lowest BCUT2D eigenvalue weighted by Crippen LogP contribution is -2.33. The second-order valence-electron chi connectivity index (χ2n) is 6.11. The summed E-state index contributed by atoms with van der Waals surface area (Å²) in [5.41, 5.74) is 1.15. The highest BCUT2D eigenvalue weighted by Crippen LogP contribution is 2.16. The van der Waals surface area contributed by atoms with E-state index in [1.807, 2.05) is 24.3 Å². The van der Waals surface area contributed by atoms with Crippen molar-refractivity contribution in [2.75, 3.05) is 13.2 Å². The highest BCUT2D eigenvalue weighted by atomic mass is 35.5. The number of hydrogen-bond acceptors (Lipinski definition) is 3. The first-order valence-corrected chi connectivity index (χ1v) is 8.04. The number of rotatable bonds is 9. The fourth-order valence-electron chi connectivity index (χ4n) is 2.25. The van der Waals surface area contributed by atoms with Crippen LogP contribution in [0.4, 0.5) is 0 Å². The Kier molecular flexibility index (Phi) is 8.27. The van der Waals surface area contributed by atoms with E-state index in [2.05, 4.69) is 33.0 Å². The van der Waals surface area contributed by atoms with Crippen LogP contribution in [0.25, 0.3) is 0 Å². The minimum Gasteiger partial charge on any atom is -0.389 e. The van der Waals surface area contributed by atoms with Gasteiger partial charge in [-0.3, -0.25) is 0 Å². The van der Waals surface area contributed by atoms with Crippen molar-refractivity contribution in [2.24, 2.45) is 5.92 Å². The van der Waals surface area contributed by atoms with Crippen molar-refractivity contribution in [2.45, 2.75) is 52.4 Å². The molecule has 3 atom stereocenters. The molecule has 0 spiro atoms. The summed E-state index contributed by atoms with van der Waals surface area (Å²) in [7, 11) is 0. The number of benzene rings is 1. The van der Waals surface area contributed by atoms with Crippen LogP contribution >= 0.6 is 11.6 Å². The van der Waals surface area contributed by atoms with Gasteiger partial charge in [-0.15, -0.1) is 0 Å². The fraction of sp³-hybridized carbons (Fsp3) is 0.647. The first kappa shape index (κ1) is 18.4. The molecule has 1 rings (SSSR count). The molecule has 0 saturated carbocycles. The van der Waals surface area contributed by atoms with E-state index in [1.54, 1.807) is 0 Å². The van der Waals surface area contributed by atoms with Crippen LogP contribution in [0, 0.1) is 5.92 Å². The largest absolute Gasteiger partial charge is 0.389 e. The number of ether oxygens (including phenoxy) is 1. The zero-order chi connectivity index (χ0) is 15.8. The first-order chi connectivity index (χ1) is 9.88. The third-order valence-corrected chi connectivity index (χ3v) is 3.66. The zero-order valence-corrected chi connectivity index (χ0v) is 14.2. The molecule has 120 valence electrons. The number of aliphatic hydroxyl groups excluding tert-OH is 1. The van der Waals surface area contributed by atoms with Crippen LogP contribution in [0.3, 0.4) is 0 Å². The summed E-state index contributed by atoms with van der Waals surface area (Å²) in [4.78, 5) is 0. The number of nitrogens with one attached hydrogen (secondary N) is 1. The molecule has 3 unspecified atom stereocenters. The number of hydrogen-bond donors (Lipinski definition) is 2. The lowest BCUT2D eigenvalue weighted by molar-refractivity contribution is -0.00914.